The molecule has 2 N–H and O–H groups in total. The third-order valence-electron chi connectivity index (χ3n) is 5.76. The van der Waals surface area contributed by atoms with Crippen LogP contribution in [0.25, 0.3) is 0 Å². The third-order valence-corrected chi connectivity index (χ3v) is 6.47. The second-order valence-electron chi connectivity index (χ2n) is 11.8. The Morgan fingerprint density at radius 2 is 1.43 bits per heavy atom. The van der Waals surface area contributed by atoms with Crippen molar-refractivity contribution in [2.24, 2.45) is 0 Å². The molecule has 12 nitrogen and oxygen atoms in total. The summed E-state index contributed by atoms with van der Waals surface area (Å²) in [6.45, 7) is 11.0. The molecule has 3 rings (SSSR count). The van der Waals surface area contributed by atoms with Crippen LogP contribution < -0.4 is 20.3 Å². The van der Waals surface area contributed by atoms with Crippen LogP contribution in [0.5, 0.6) is 5.75 Å². The first kappa shape index (κ1) is 36.0. The number of nitrogens with one attached hydrogen (secondary N) is 2. The fraction of sp³-hybridized carbons (Fsp3) is 0.355. The van der Waals surface area contributed by atoms with E-state index in [1.165, 1.54) is 44.3 Å². The molecule has 2 aromatic carbocycles. The number of hydrogen-bond acceptors (Lipinski definition) is 9. The van der Waals surface area contributed by atoms with Gasteiger partial charge >= 0.3 is 12.2 Å². The average molecular weight is 679 g/mol. The molecule has 3 aromatic rings. The second kappa shape index (κ2) is 14.3. The van der Waals surface area contributed by atoms with Crippen LogP contribution in [-0.2, 0) is 9.47 Å². The first-order valence-electron chi connectivity index (χ1n) is 13.9. The Hall–Kier alpha value is -4.49. The van der Waals surface area contributed by atoms with Crippen molar-refractivity contribution in [2.75, 3.05) is 17.3 Å². The van der Waals surface area contributed by atoms with Gasteiger partial charge in [-0.1, -0.05) is 23.2 Å². The van der Waals surface area contributed by atoms with Crippen molar-refractivity contribution < 1.29 is 37.8 Å². The van der Waals surface area contributed by atoms with Gasteiger partial charge in [-0.05, 0) is 84.9 Å². The van der Waals surface area contributed by atoms with E-state index in [4.69, 9.17) is 37.4 Å². The highest BCUT2D eigenvalue weighted by Gasteiger charge is 2.37. The third kappa shape index (κ3) is 9.27. The number of anilines is 2. The highest BCUT2D eigenvalue weighted by Crippen LogP contribution is 2.38. The highest BCUT2D eigenvalue weighted by atomic mass is 35.5. The molecule has 0 aliphatic heterocycles. The van der Waals surface area contributed by atoms with E-state index < -0.39 is 47.0 Å². The van der Waals surface area contributed by atoms with Gasteiger partial charge in [-0.15, -0.1) is 10.2 Å². The van der Waals surface area contributed by atoms with E-state index in [0.717, 1.165) is 12.1 Å². The van der Waals surface area contributed by atoms with E-state index in [2.05, 4.69) is 20.8 Å². The molecule has 1 atom stereocenters. The lowest BCUT2D eigenvalue weighted by Crippen LogP contribution is -2.44. The number of nitrogens with zero attached hydrogens (tertiary/aromatic N) is 3. The number of aromatic nitrogens is 2. The second-order valence-corrected chi connectivity index (χ2v) is 12.6. The van der Waals surface area contributed by atoms with Crippen LogP contribution in [0.15, 0.2) is 42.5 Å². The molecule has 1 unspecified atom stereocenters. The molecule has 1 heterocycles. The average Bonchev–Trinajstić information content (AvgIpc) is 2.94. The molecule has 0 bridgehead atoms. The maximum absolute atomic E-state index is 14.4. The van der Waals surface area contributed by atoms with Crippen molar-refractivity contribution in [2.45, 2.75) is 65.8 Å². The number of imide groups is 1. The zero-order chi connectivity index (χ0) is 34.6. The van der Waals surface area contributed by atoms with Crippen LogP contribution in [0.4, 0.5) is 25.5 Å². The summed E-state index contributed by atoms with van der Waals surface area (Å²) in [7, 11) is 1.49. The lowest BCUT2D eigenvalue weighted by Gasteiger charge is -2.29. The van der Waals surface area contributed by atoms with Crippen molar-refractivity contribution in [1.82, 2.24) is 15.5 Å². The predicted molar refractivity (Wildman–Crippen MR) is 170 cm³/mol. The lowest BCUT2D eigenvalue weighted by molar-refractivity contribution is 0.0425. The molecule has 0 saturated carbocycles. The van der Waals surface area contributed by atoms with Gasteiger partial charge in [0.15, 0.2) is 11.4 Å². The Balaban J connectivity index is 2.13. The topological polar surface area (TPSA) is 149 Å². The quantitative estimate of drug-likeness (QED) is 0.245. The van der Waals surface area contributed by atoms with Crippen molar-refractivity contribution in [1.29, 1.82) is 0 Å². The Morgan fingerprint density at radius 1 is 0.870 bits per heavy atom. The molecule has 0 radical (unpaired) electrons. The van der Waals surface area contributed by atoms with Crippen molar-refractivity contribution in [3.8, 4) is 5.75 Å². The first-order valence-corrected chi connectivity index (χ1v) is 14.6. The van der Waals surface area contributed by atoms with Crippen molar-refractivity contribution >= 4 is 58.7 Å². The maximum atomic E-state index is 14.4. The molecule has 0 aliphatic rings. The lowest BCUT2D eigenvalue weighted by atomic mass is 10.1. The summed E-state index contributed by atoms with van der Waals surface area (Å²) >= 11 is 12.5. The molecule has 0 fully saturated rings. The van der Waals surface area contributed by atoms with Gasteiger partial charge in [0.05, 0.1) is 5.02 Å². The summed E-state index contributed by atoms with van der Waals surface area (Å²) in [4.78, 5) is 52.3. The number of carbonyl (C=O) groups is 4. The summed E-state index contributed by atoms with van der Waals surface area (Å²) in [5, 5.41) is 12.8. The van der Waals surface area contributed by atoms with Gasteiger partial charge in [-0.3, -0.25) is 9.59 Å². The number of amides is 4. The molecule has 0 saturated heterocycles. The first-order chi connectivity index (χ1) is 21.3. The van der Waals surface area contributed by atoms with E-state index >= 15 is 0 Å². The minimum atomic E-state index is -1.18. The molecule has 4 amide bonds. The largest absolute Gasteiger partial charge is 0.482 e. The maximum Gasteiger partial charge on any atom is 0.425 e. The molecule has 246 valence electrons. The van der Waals surface area contributed by atoms with Gasteiger partial charge in [0, 0.05) is 35.0 Å². The van der Waals surface area contributed by atoms with Gasteiger partial charge in [0.1, 0.15) is 23.1 Å². The number of ether oxygens (including phenoxy) is 3. The number of benzene rings is 2. The summed E-state index contributed by atoms with van der Waals surface area (Å²) in [6, 6.07) is 9.50. The van der Waals surface area contributed by atoms with E-state index in [1.54, 1.807) is 41.5 Å². The minimum Gasteiger partial charge on any atom is -0.482 e. The molecule has 0 aliphatic carbocycles. The van der Waals surface area contributed by atoms with Gasteiger partial charge in [0.2, 0.25) is 5.82 Å². The number of halogens is 3. The normalized spacial score (nSPS) is 12.1. The van der Waals surface area contributed by atoms with Crippen molar-refractivity contribution in [3.05, 3.63) is 75.1 Å². The fourth-order valence-corrected chi connectivity index (χ4v) is 4.47. The van der Waals surface area contributed by atoms with E-state index in [-0.39, 0.29) is 33.0 Å². The number of rotatable bonds is 7. The molecule has 1 aromatic heterocycles. The number of carbonyl (C=O) groups excluding carboxylic acids is 4. The van der Waals surface area contributed by atoms with Gasteiger partial charge in [-0.25, -0.2) is 14.0 Å². The van der Waals surface area contributed by atoms with Crippen LogP contribution >= 0.6 is 23.2 Å². The summed E-state index contributed by atoms with van der Waals surface area (Å²) in [5.41, 5.74) is -1.65. The zero-order valence-electron chi connectivity index (χ0n) is 26.5. The van der Waals surface area contributed by atoms with Gasteiger partial charge in [0.25, 0.3) is 11.8 Å². The van der Waals surface area contributed by atoms with Crippen molar-refractivity contribution in [3.63, 3.8) is 0 Å². The number of hydrogen-bond donors (Lipinski definition) is 2. The molecule has 15 heteroatoms. The highest BCUT2D eigenvalue weighted by molar-refractivity contribution is 6.36. The Kier molecular flexibility index (Phi) is 11.2. The van der Waals surface area contributed by atoms with Gasteiger partial charge in [-0.2, -0.15) is 4.90 Å². The van der Waals surface area contributed by atoms with Crippen LogP contribution in [0.1, 0.15) is 81.0 Å². The summed E-state index contributed by atoms with van der Waals surface area (Å²) in [6.07, 6.45) is -3.46. The van der Waals surface area contributed by atoms with E-state index in [9.17, 15) is 23.6 Å². The molecular weight excluding hydrogens is 644 g/mol. The fourth-order valence-electron chi connectivity index (χ4n) is 3.79. The summed E-state index contributed by atoms with van der Waals surface area (Å²) in [5.74, 6) is -2.65. The molecule has 0 spiro atoms. The van der Waals surface area contributed by atoms with Crippen LogP contribution in [0.3, 0.4) is 0 Å². The monoisotopic (exact) mass is 677 g/mol. The van der Waals surface area contributed by atoms with E-state index in [1.807, 2.05) is 0 Å². The van der Waals surface area contributed by atoms with Crippen LogP contribution in [0.2, 0.25) is 10.0 Å². The minimum absolute atomic E-state index is 0.0504. The molecular formula is C31H34Cl2FN5O7. The van der Waals surface area contributed by atoms with Crippen LogP contribution in [0, 0.1) is 5.82 Å². The summed E-state index contributed by atoms with van der Waals surface area (Å²) < 4.78 is 31.3. The molecule has 46 heavy (non-hydrogen) atoms. The predicted octanol–water partition coefficient (Wildman–Crippen LogP) is 7.35. The standard InChI is InChI=1S/C31H34Cl2FN5O7/c1-16(23-19(32)13-14-20(34)24(23)33)44-22-15-21(27(41)36-18-11-9-17(10-12-18)26(40)35-8)37-38-25(22)39(28(42)45-30(2,3)4)29(43)46-31(5,6)7/h9-16H,1-8H3,(H,35,40)(H,36,41). The SMILES string of the molecule is CNC(=O)c1ccc(NC(=O)c2cc(OC(C)c3c(Cl)ccc(F)c3Cl)c(N(C(=O)OC(C)(C)C)C(=O)OC(C)(C)C)nn2)cc1. The zero-order valence-corrected chi connectivity index (χ0v) is 28.0. The smallest absolute Gasteiger partial charge is 0.425 e. The van der Waals surface area contributed by atoms with Gasteiger partial charge < -0.3 is 24.8 Å². The Labute approximate surface area is 275 Å². The Morgan fingerprint density at radius 3 is 1.96 bits per heavy atom. The van der Waals surface area contributed by atoms with E-state index in [0.29, 0.717) is 16.2 Å². The Bertz CT molecular complexity index is 1610. The van der Waals surface area contributed by atoms with Crippen LogP contribution in [-0.4, -0.2) is 52.4 Å².